The van der Waals surface area contributed by atoms with E-state index in [-0.39, 0.29) is 11.9 Å². The van der Waals surface area contributed by atoms with Crippen LogP contribution < -0.4 is 9.64 Å². The lowest BCUT2D eigenvalue weighted by Crippen LogP contribution is -2.43. The molecule has 150 valence electrons. The van der Waals surface area contributed by atoms with Gasteiger partial charge in [0.05, 0.1) is 0 Å². The molecule has 2 aromatic rings. The monoisotopic (exact) mass is 391 g/mol. The summed E-state index contributed by atoms with van der Waals surface area (Å²) in [7, 11) is 0. The maximum atomic E-state index is 12.9. The molecule has 0 bridgehead atoms. The van der Waals surface area contributed by atoms with Crippen LogP contribution in [0.3, 0.4) is 0 Å². The van der Waals surface area contributed by atoms with Crippen molar-refractivity contribution < 1.29 is 19.1 Å². The third-order valence-corrected chi connectivity index (χ3v) is 4.75. The number of ether oxygens (including phenoxy) is 2. The van der Waals surface area contributed by atoms with Crippen LogP contribution in [0, 0.1) is 0 Å². The molecule has 1 aliphatic heterocycles. The van der Waals surface area contributed by atoms with Gasteiger partial charge >= 0.3 is 5.97 Å². The fraction of sp³-hybridized carbons (Fsp3) is 0.250. The zero-order valence-electron chi connectivity index (χ0n) is 16.7. The lowest BCUT2D eigenvalue weighted by atomic mass is 10.1. The van der Waals surface area contributed by atoms with E-state index < -0.39 is 12.1 Å². The molecular formula is C24H25NO4. The Bertz CT molecular complexity index is 917. The number of amides is 1. The smallest absolute Gasteiger partial charge is 0.331 e. The van der Waals surface area contributed by atoms with Crippen molar-refractivity contribution in [3.05, 3.63) is 78.4 Å². The minimum atomic E-state index is -0.865. The molecule has 0 radical (unpaired) electrons. The van der Waals surface area contributed by atoms with Gasteiger partial charge in [-0.25, -0.2) is 4.79 Å². The molecule has 0 aliphatic carbocycles. The number of carbonyl (C=O) groups is 2. The molecule has 0 spiro atoms. The van der Waals surface area contributed by atoms with Gasteiger partial charge in [-0.1, -0.05) is 43.0 Å². The van der Waals surface area contributed by atoms with Gasteiger partial charge in [-0.2, -0.15) is 0 Å². The highest BCUT2D eigenvalue weighted by molar-refractivity contribution is 6.00. The summed E-state index contributed by atoms with van der Waals surface area (Å²) in [4.78, 5) is 26.7. The van der Waals surface area contributed by atoms with Gasteiger partial charge in [-0.05, 0) is 55.7 Å². The summed E-state index contributed by atoms with van der Waals surface area (Å²) in [6.45, 7) is 7.64. The fourth-order valence-electron chi connectivity index (χ4n) is 3.36. The summed E-state index contributed by atoms with van der Waals surface area (Å²) in [5.41, 5.74) is 2.85. The summed E-state index contributed by atoms with van der Waals surface area (Å²) in [6.07, 6.45) is 4.58. The SMILES string of the molecule is C=CCOc1ccc(/C=C/C(=O)O[C@@H](C)C(=O)N2c3ccccc3C[C@H]2C)cc1. The van der Waals surface area contributed by atoms with Crippen LogP contribution >= 0.6 is 0 Å². The number of benzene rings is 2. The van der Waals surface area contributed by atoms with Gasteiger partial charge in [0.1, 0.15) is 12.4 Å². The predicted molar refractivity (Wildman–Crippen MR) is 114 cm³/mol. The highest BCUT2D eigenvalue weighted by Gasteiger charge is 2.34. The number of hydrogen-bond acceptors (Lipinski definition) is 4. The number of rotatable bonds is 7. The summed E-state index contributed by atoms with van der Waals surface area (Å²) < 4.78 is 10.8. The van der Waals surface area contributed by atoms with E-state index in [1.807, 2.05) is 55.5 Å². The van der Waals surface area contributed by atoms with E-state index in [0.717, 1.165) is 29.0 Å². The van der Waals surface area contributed by atoms with Gasteiger partial charge in [-0.15, -0.1) is 0 Å². The normalized spacial score (nSPS) is 16.3. The Morgan fingerprint density at radius 1 is 1.21 bits per heavy atom. The molecule has 2 aromatic carbocycles. The first-order chi connectivity index (χ1) is 14.0. The van der Waals surface area contributed by atoms with Crippen LogP contribution in [0.2, 0.25) is 0 Å². The van der Waals surface area contributed by atoms with Crippen molar-refractivity contribution in [1.29, 1.82) is 0 Å². The zero-order chi connectivity index (χ0) is 20.8. The average molecular weight is 391 g/mol. The van der Waals surface area contributed by atoms with Crippen LogP contribution in [-0.2, 0) is 20.7 Å². The third kappa shape index (κ3) is 4.93. The van der Waals surface area contributed by atoms with E-state index in [2.05, 4.69) is 6.58 Å². The van der Waals surface area contributed by atoms with Crippen molar-refractivity contribution in [2.45, 2.75) is 32.4 Å². The Kier molecular flexibility index (Phi) is 6.50. The second kappa shape index (κ2) is 9.24. The summed E-state index contributed by atoms with van der Waals surface area (Å²) >= 11 is 0. The van der Waals surface area contributed by atoms with Gasteiger partial charge in [0.2, 0.25) is 0 Å². The van der Waals surface area contributed by atoms with E-state index in [9.17, 15) is 9.59 Å². The number of hydrogen-bond donors (Lipinski definition) is 0. The first-order valence-corrected chi connectivity index (χ1v) is 9.63. The van der Waals surface area contributed by atoms with Gasteiger partial charge in [-0.3, -0.25) is 4.79 Å². The molecule has 1 heterocycles. The Morgan fingerprint density at radius 3 is 2.66 bits per heavy atom. The van der Waals surface area contributed by atoms with Crippen LogP contribution in [0.1, 0.15) is 25.0 Å². The number of para-hydroxylation sites is 1. The van der Waals surface area contributed by atoms with Crippen LogP contribution in [-0.4, -0.2) is 30.6 Å². The maximum Gasteiger partial charge on any atom is 0.331 e. The molecule has 0 aromatic heterocycles. The molecule has 0 saturated heterocycles. The van der Waals surface area contributed by atoms with Crippen molar-refractivity contribution in [1.82, 2.24) is 0 Å². The van der Waals surface area contributed by atoms with E-state index in [4.69, 9.17) is 9.47 Å². The quantitative estimate of drug-likeness (QED) is 0.404. The molecule has 1 aliphatic rings. The Morgan fingerprint density at radius 2 is 1.93 bits per heavy atom. The molecule has 5 heteroatoms. The summed E-state index contributed by atoms with van der Waals surface area (Å²) in [5.74, 6) is -0.0465. The lowest BCUT2D eigenvalue weighted by molar-refractivity contribution is -0.149. The first-order valence-electron chi connectivity index (χ1n) is 9.63. The van der Waals surface area contributed by atoms with E-state index in [1.54, 1.807) is 24.0 Å². The predicted octanol–water partition coefficient (Wildman–Crippen LogP) is 4.17. The standard InChI is InChI=1S/C24H25NO4/c1-4-15-28-21-12-9-19(10-13-21)11-14-23(26)29-18(3)24(27)25-17(2)16-20-7-5-6-8-22(20)25/h4-14,17-18H,1,15-16H2,2-3H3/b14-11+/t17-,18+/m1/s1. The molecule has 1 amide bonds. The summed E-state index contributed by atoms with van der Waals surface area (Å²) in [5, 5.41) is 0. The number of fused-ring (bicyclic) bond motifs is 1. The molecule has 0 unspecified atom stereocenters. The number of anilines is 1. The minimum Gasteiger partial charge on any atom is -0.490 e. The van der Waals surface area contributed by atoms with E-state index in [0.29, 0.717) is 6.61 Å². The number of carbonyl (C=O) groups excluding carboxylic acids is 2. The molecule has 0 fully saturated rings. The highest BCUT2D eigenvalue weighted by atomic mass is 16.5. The Labute approximate surface area is 171 Å². The largest absolute Gasteiger partial charge is 0.490 e. The second-order valence-electron chi connectivity index (χ2n) is 6.97. The average Bonchev–Trinajstić information content (AvgIpc) is 3.06. The molecule has 0 saturated carbocycles. The number of esters is 1. The molecule has 2 atom stereocenters. The van der Waals surface area contributed by atoms with Gasteiger partial charge in [0, 0.05) is 17.8 Å². The van der Waals surface area contributed by atoms with E-state index >= 15 is 0 Å². The molecule has 5 nitrogen and oxygen atoms in total. The fourth-order valence-corrected chi connectivity index (χ4v) is 3.36. The third-order valence-electron chi connectivity index (χ3n) is 4.75. The molecule has 3 rings (SSSR count). The second-order valence-corrected chi connectivity index (χ2v) is 6.97. The van der Waals surface area contributed by atoms with Crippen LogP contribution in [0.25, 0.3) is 6.08 Å². The zero-order valence-corrected chi connectivity index (χ0v) is 16.7. The van der Waals surface area contributed by atoms with Gasteiger partial charge < -0.3 is 14.4 Å². The Balaban J connectivity index is 1.58. The van der Waals surface area contributed by atoms with Gasteiger partial charge in [0.15, 0.2) is 6.10 Å². The minimum absolute atomic E-state index is 0.0402. The van der Waals surface area contributed by atoms with Crippen molar-refractivity contribution in [2.24, 2.45) is 0 Å². The molecule has 29 heavy (non-hydrogen) atoms. The van der Waals surface area contributed by atoms with Crippen molar-refractivity contribution in [3.8, 4) is 5.75 Å². The van der Waals surface area contributed by atoms with Gasteiger partial charge in [0.25, 0.3) is 5.91 Å². The van der Waals surface area contributed by atoms with Crippen molar-refractivity contribution in [3.63, 3.8) is 0 Å². The lowest BCUT2D eigenvalue weighted by Gasteiger charge is -2.25. The topological polar surface area (TPSA) is 55.8 Å². The van der Waals surface area contributed by atoms with Crippen molar-refractivity contribution >= 4 is 23.6 Å². The highest BCUT2D eigenvalue weighted by Crippen LogP contribution is 2.32. The van der Waals surface area contributed by atoms with Crippen molar-refractivity contribution in [2.75, 3.05) is 11.5 Å². The first kappa shape index (κ1) is 20.4. The van der Waals surface area contributed by atoms with Crippen LogP contribution in [0.15, 0.2) is 67.3 Å². The molecular weight excluding hydrogens is 366 g/mol. The van der Waals surface area contributed by atoms with Crippen LogP contribution in [0.5, 0.6) is 5.75 Å². The van der Waals surface area contributed by atoms with Crippen LogP contribution in [0.4, 0.5) is 5.69 Å². The number of nitrogens with zero attached hydrogens (tertiary/aromatic N) is 1. The maximum absolute atomic E-state index is 12.9. The van der Waals surface area contributed by atoms with E-state index in [1.165, 1.54) is 6.08 Å². The summed E-state index contributed by atoms with van der Waals surface area (Å²) in [6, 6.07) is 15.1. The Hall–Kier alpha value is -3.34. The molecule has 0 N–H and O–H groups in total.